The molecule has 1 nitrogen and oxygen atoms in total. The van der Waals surface area contributed by atoms with E-state index in [1.165, 1.54) is 11.1 Å². The molecule has 52 valence electrons. The molecule has 0 aromatic rings. The minimum atomic E-state index is 0.477. The third-order valence-corrected chi connectivity index (χ3v) is 2.13. The Bertz CT molecular complexity index is 122. The Balaban J connectivity index is 2.48. The van der Waals surface area contributed by atoms with Crippen LogP contribution >= 0.6 is 0 Å². The van der Waals surface area contributed by atoms with Gasteiger partial charge in [0.05, 0.1) is 6.10 Å². The summed E-state index contributed by atoms with van der Waals surface area (Å²) in [6.45, 7) is 4.38. The molecule has 0 heterocycles. The molecule has 1 aliphatic rings. The van der Waals surface area contributed by atoms with Gasteiger partial charge in [0.15, 0.2) is 0 Å². The number of rotatable bonds is 1. The first kappa shape index (κ1) is 6.81. The van der Waals surface area contributed by atoms with Crippen molar-refractivity contribution in [3.63, 3.8) is 0 Å². The predicted octanol–water partition coefficient (Wildman–Crippen LogP) is 2.13. The zero-order valence-corrected chi connectivity index (χ0v) is 6.40. The van der Waals surface area contributed by atoms with Gasteiger partial charge in [0.1, 0.15) is 0 Å². The van der Waals surface area contributed by atoms with Crippen molar-refractivity contribution in [3.8, 4) is 0 Å². The zero-order valence-electron chi connectivity index (χ0n) is 6.40. The topological polar surface area (TPSA) is 9.23 Å². The van der Waals surface area contributed by atoms with Crippen molar-refractivity contribution in [3.05, 3.63) is 11.1 Å². The Morgan fingerprint density at radius 1 is 1.22 bits per heavy atom. The molecule has 0 bridgehead atoms. The lowest BCUT2D eigenvalue weighted by atomic mass is 10.2. The molecule has 0 aromatic heterocycles. The van der Waals surface area contributed by atoms with E-state index in [9.17, 15) is 0 Å². The van der Waals surface area contributed by atoms with E-state index in [2.05, 4.69) is 13.8 Å². The highest BCUT2D eigenvalue weighted by Crippen LogP contribution is 2.26. The van der Waals surface area contributed by atoms with Crippen LogP contribution in [0, 0.1) is 0 Å². The molecule has 0 atom stereocenters. The maximum atomic E-state index is 5.21. The lowest BCUT2D eigenvalue weighted by Crippen LogP contribution is -2.04. The Labute approximate surface area is 56.7 Å². The normalized spacial score (nSPS) is 21.7. The van der Waals surface area contributed by atoms with Crippen LogP contribution in [0.25, 0.3) is 0 Å². The largest absolute Gasteiger partial charge is 0.381 e. The molecule has 1 aliphatic carbocycles. The van der Waals surface area contributed by atoms with Gasteiger partial charge in [-0.1, -0.05) is 11.1 Å². The van der Waals surface area contributed by atoms with E-state index >= 15 is 0 Å². The fourth-order valence-corrected chi connectivity index (χ4v) is 1.27. The van der Waals surface area contributed by atoms with Gasteiger partial charge in [0, 0.05) is 7.11 Å². The minimum Gasteiger partial charge on any atom is -0.381 e. The van der Waals surface area contributed by atoms with Crippen LogP contribution in [0.1, 0.15) is 26.7 Å². The molecule has 0 aromatic carbocycles. The first-order valence-corrected chi connectivity index (χ1v) is 3.42. The Morgan fingerprint density at radius 3 is 1.89 bits per heavy atom. The molecule has 9 heavy (non-hydrogen) atoms. The molecule has 0 amide bonds. The lowest BCUT2D eigenvalue weighted by Gasteiger charge is -2.04. The van der Waals surface area contributed by atoms with Crippen LogP contribution in [-0.2, 0) is 4.74 Å². The van der Waals surface area contributed by atoms with Crippen LogP contribution in [0.3, 0.4) is 0 Å². The monoisotopic (exact) mass is 126 g/mol. The van der Waals surface area contributed by atoms with Crippen molar-refractivity contribution in [2.45, 2.75) is 32.8 Å². The molecule has 0 unspecified atom stereocenters. The summed E-state index contributed by atoms with van der Waals surface area (Å²) < 4.78 is 5.21. The summed E-state index contributed by atoms with van der Waals surface area (Å²) >= 11 is 0. The highest BCUT2D eigenvalue weighted by Gasteiger charge is 2.17. The molecule has 1 rings (SSSR count). The van der Waals surface area contributed by atoms with Crippen LogP contribution in [0.5, 0.6) is 0 Å². The fourth-order valence-electron chi connectivity index (χ4n) is 1.27. The van der Waals surface area contributed by atoms with Gasteiger partial charge >= 0.3 is 0 Å². The standard InChI is InChI=1S/C8H14O/c1-6-4-8(9-3)5-7(6)2/h8H,4-5H2,1-3H3. The van der Waals surface area contributed by atoms with E-state index in [-0.39, 0.29) is 0 Å². The van der Waals surface area contributed by atoms with Gasteiger partial charge in [-0.2, -0.15) is 0 Å². The van der Waals surface area contributed by atoms with E-state index < -0.39 is 0 Å². The molecule has 0 aliphatic heterocycles. The van der Waals surface area contributed by atoms with Crippen LogP contribution in [-0.4, -0.2) is 13.2 Å². The highest BCUT2D eigenvalue weighted by molar-refractivity contribution is 5.17. The molecule has 0 spiro atoms. The zero-order chi connectivity index (χ0) is 6.85. The summed E-state index contributed by atoms with van der Waals surface area (Å²) in [5.74, 6) is 0. The SMILES string of the molecule is COC1CC(C)=C(C)C1. The summed E-state index contributed by atoms with van der Waals surface area (Å²) in [6.07, 6.45) is 2.76. The third-order valence-electron chi connectivity index (χ3n) is 2.13. The molecule has 0 radical (unpaired) electrons. The number of ether oxygens (including phenoxy) is 1. The second kappa shape index (κ2) is 2.53. The summed E-state index contributed by atoms with van der Waals surface area (Å²) in [7, 11) is 1.79. The summed E-state index contributed by atoms with van der Waals surface area (Å²) in [5.41, 5.74) is 3.03. The lowest BCUT2D eigenvalue weighted by molar-refractivity contribution is 0.111. The van der Waals surface area contributed by atoms with Crippen molar-refractivity contribution in [2.24, 2.45) is 0 Å². The molecular weight excluding hydrogens is 112 g/mol. The van der Waals surface area contributed by atoms with Crippen LogP contribution in [0.15, 0.2) is 11.1 Å². The third kappa shape index (κ3) is 1.33. The first-order valence-electron chi connectivity index (χ1n) is 3.42. The second-order valence-corrected chi connectivity index (χ2v) is 2.83. The van der Waals surface area contributed by atoms with Gasteiger partial charge < -0.3 is 4.74 Å². The van der Waals surface area contributed by atoms with Gasteiger partial charge in [-0.15, -0.1) is 0 Å². The van der Waals surface area contributed by atoms with Gasteiger partial charge in [-0.3, -0.25) is 0 Å². The van der Waals surface area contributed by atoms with Crippen molar-refractivity contribution < 1.29 is 4.74 Å². The maximum Gasteiger partial charge on any atom is 0.0645 e. The van der Waals surface area contributed by atoms with E-state index in [0.29, 0.717) is 6.10 Å². The van der Waals surface area contributed by atoms with E-state index in [1.54, 1.807) is 7.11 Å². The molecule has 0 saturated carbocycles. The van der Waals surface area contributed by atoms with Gasteiger partial charge in [0.25, 0.3) is 0 Å². The van der Waals surface area contributed by atoms with E-state index in [0.717, 1.165) is 12.8 Å². The number of methoxy groups -OCH3 is 1. The smallest absolute Gasteiger partial charge is 0.0645 e. The number of hydrogen-bond acceptors (Lipinski definition) is 1. The molecule has 0 fully saturated rings. The van der Waals surface area contributed by atoms with E-state index in [1.807, 2.05) is 0 Å². The average Bonchev–Trinajstić information content (AvgIpc) is 2.13. The maximum absolute atomic E-state index is 5.21. The second-order valence-electron chi connectivity index (χ2n) is 2.83. The van der Waals surface area contributed by atoms with Gasteiger partial charge in [-0.05, 0) is 26.7 Å². The summed E-state index contributed by atoms with van der Waals surface area (Å²) in [6, 6.07) is 0. The molecule has 1 heteroatoms. The first-order chi connectivity index (χ1) is 4.24. The predicted molar refractivity (Wildman–Crippen MR) is 38.4 cm³/mol. The quantitative estimate of drug-likeness (QED) is 0.489. The van der Waals surface area contributed by atoms with E-state index in [4.69, 9.17) is 4.74 Å². The van der Waals surface area contributed by atoms with Crippen molar-refractivity contribution in [2.75, 3.05) is 7.11 Å². The minimum absolute atomic E-state index is 0.477. The fraction of sp³-hybridized carbons (Fsp3) is 0.750. The molecular formula is C8H14O. The number of hydrogen-bond donors (Lipinski definition) is 0. The van der Waals surface area contributed by atoms with Crippen molar-refractivity contribution in [1.29, 1.82) is 0 Å². The van der Waals surface area contributed by atoms with Crippen molar-refractivity contribution in [1.82, 2.24) is 0 Å². The van der Waals surface area contributed by atoms with Crippen LogP contribution in [0.4, 0.5) is 0 Å². The Morgan fingerprint density at radius 2 is 1.67 bits per heavy atom. The van der Waals surface area contributed by atoms with Crippen LogP contribution < -0.4 is 0 Å². The molecule has 0 saturated heterocycles. The van der Waals surface area contributed by atoms with Crippen molar-refractivity contribution >= 4 is 0 Å². The van der Waals surface area contributed by atoms with Gasteiger partial charge in [0.2, 0.25) is 0 Å². The van der Waals surface area contributed by atoms with Gasteiger partial charge in [-0.25, -0.2) is 0 Å². The highest BCUT2D eigenvalue weighted by atomic mass is 16.5. The van der Waals surface area contributed by atoms with Crippen LogP contribution in [0.2, 0.25) is 0 Å². The summed E-state index contributed by atoms with van der Waals surface area (Å²) in [4.78, 5) is 0. The Hall–Kier alpha value is -0.300. The summed E-state index contributed by atoms with van der Waals surface area (Å²) in [5, 5.41) is 0. The molecule has 0 N–H and O–H groups in total. The average molecular weight is 126 g/mol. The Kier molecular flexibility index (Phi) is 1.91.